The van der Waals surface area contributed by atoms with Crippen LogP contribution in [0.3, 0.4) is 0 Å². The molecule has 0 fully saturated rings. The van der Waals surface area contributed by atoms with Crippen LogP contribution in [0, 0.1) is 0 Å². The highest BCUT2D eigenvalue weighted by Crippen LogP contribution is 2.54. The quantitative estimate of drug-likeness (QED) is 0.0832. The Balaban J connectivity index is 0.828. The lowest BCUT2D eigenvalue weighted by Crippen LogP contribution is -2.40. The van der Waals surface area contributed by atoms with E-state index in [-0.39, 0.29) is 12.5 Å². The molecule has 0 spiro atoms. The van der Waals surface area contributed by atoms with E-state index in [1.54, 1.807) is 11.3 Å². The summed E-state index contributed by atoms with van der Waals surface area (Å²) in [4.78, 5) is 32.1. The average Bonchev–Trinajstić information content (AvgIpc) is 3.78. The molecule has 10 heteroatoms. The Bertz CT molecular complexity index is 2780. The fourth-order valence-corrected chi connectivity index (χ4v) is 13.5. The standard InChI is InChI=1S/C54H50N7OPS/c1-60(40-53(62)58-32-34-63(48-17-5-2-6-18-48,49-19-7-3-8-20-49)50-21-9-4-10-22-50)47-27-25-41-35-43(24-23-42(41)36-47)54-59-51-28-26-44(37-52(51)64-54)57-31-33-61(38-45-15-11-13-29-55-45)39-46-16-12-14-30-56-46/h2-30,35-37,57H,31-34,38-40H2,1H3/p+1. The second-order valence-electron chi connectivity index (χ2n) is 16.0. The molecule has 3 heterocycles. The monoisotopic (exact) mass is 876 g/mol. The van der Waals surface area contributed by atoms with Crippen LogP contribution < -0.4 is 31.4 Å². The van der Waals surface area contributed by atoms with E-state index in [4.69, 9.17) is 4.98 Å². The SMILES string of the molecule is CN(CC(=O)NCC[P+](c1ccccc1)(c1ccccc1)c1ccccc1)c1ccc2cc(-c3nc4ccc(NCCN(Cc5ccccn5)Cc5ccccn5)cc4s3)ccc2c1. The number of fused-ring (bicyclic) bond motifs is 2. The predicted molar refractivity (Wildman–Crippen MR) is 270 cm³/mol. The highest BCUT2D eigenvalue weighted by Gasteiger charge is 2.44. The third-order valence-corrected chi connectivity index (χ3v) is 17.1. The van der Waals surface area contributed by atoms with Crippen LogP contribution in [0.4, 0.5) is 11.4 Å². The molecule has 9 rings (SSSR count). The zero-order chi connectivity index (χ0) is 43.6. The highest BCUT2D eigenvalue weighted by atomic mass is 32.1. The predicted octanol–water partition coefficient (Wildman–Crippen LogP) is 9.57. The van der Waals surface area contributed by atoms with Gasteiger partial charge in [-0.05, 0) is 108 Å². The first kappa shape index (κ1) is 42.5. The lowest BCUT2D eigenvalue weighted by molar-refractivity contribution is -0.119. The van der Waals surface area contributed by atoms with Gasteiger partial charge in [-0.25, -0.2) is 4.98 Å². The second-order valence-corrected chi connectivity index (χ2v) is 20.6. The molecule has 8 nitrogen and oxygen atoms in total. The molecular formula is C54H51N7OPS+. The molecule has 3 aromatic heterocycles. The van der Waals surface area contributed by atoms with Gasteiger partial charge in [0.25, 0.3) is 0 Å². The smallest absolute Gasteiger partial charge is 0.239 e. The number of nitrogens with one attached hydrogen (secondary N) is 2. The summed E-state index contributed by atoms with van der Waals surface area (Å²) in [5, 5.41) is 14.1. The zero-order valence-electron chi connectivity index (χ0n) is 35.9. The molecule has 9 aromatic rings. The van der Waals surface area contributed by atoms with Crippen molar-refractivity contribution in [2.45, 2.75) is 13.1 Å². The first-order valence-electron chi connectivity index (χ1n) is 21.7. The molecule has 0 aliphatic heterocycles. The van der Waals surface area contributed by atoms with Gasteiger partial charge in [0.1, 0.15) is 28.2 Å². The van der Waals surface area contributed by atoms with Crippen LogP contribution in [0.2, 0.25) is 0 Å². The maximum atomic E-state index is 13.5. The Kier molecular flexibility index (Phi) is 13.4. The number of pyridine rings is 2. The Morgan fingerprint density at radius 1 is 0.625 bits per heavy atom. The molecule has 0 aliphatic rings. The van der Waals surface area contributed by atoms with Crippen LogP contribution in [0.5, 0.6) is 0 Å². The van der Waals surface area contributed by atoms with E-state index in [2.05, 4.69) is 183 Å². The fourth-order valence-electron chi connectivity index (χ4n) is 8.38. The summed E-state index contributed by atoms with van der Waals surface area (Å²) in [7, 11) is -0.0517. The van der Waals surface area contributed by atoms with Crippen LogP contribution >= 0.6 is 18.6 Å². The van der Waals surface area contributed by atoms with Gasteiger partial charge in [-0.1, -0.05) is 84.9 Å². The number of anilines is 2. The van der Waals surface area contributed by atoms with Crippen molar-refractivity contribution in [3.8, 4) is 10.6 Å². The zero-order valence-corrected chi connectivity index (χ0v) is 37.6. The van der Waals surface area contributed by atoms with Crippen molar-refractivity contribution in [3.63, 3.8) is 0 Å². The summed E-state index contributed by atoms with van der Waals surface area (Å²) in [5.41, 5.74) is 6.22. The molecule has 0 atom stereocenters. The number of rotatable bonds is 18. The van der Waals surface area contributed by atoms with E-state index in [0.29, 0.717) is 6.54 Å². The number of hydrogen-bond acceptors (Lipinski definition) is 8. The Hall–Kier alpha value is -6.77. The van der Waals surface area contributed by atoms with Crippen molar-refractivity contribution >= 4 is 72.8 Å². The molecule has 0 radical (unpaired) electrons. The first-order chi connectivity index (χ1) is 31.5. The lowest BCUT2D eigenvalue weighted by atomic mass is 10.1. The molecule has 1 amide bonds. The Morgan fingerprint density at radius 3 is 1.83 bits per heavy atom. The number of nitrogens with zero attached hydrogens (tertiary/aromatic N) is 5. The minimum Gasteiger partial charge on any atom is -0.384 e. The normalized spacial score (nSPS) is 11.5. The second kappa shape index (κ2) is 20.2. The van der Waals surface area contributed by atoms with Gasteiger partial charge in [0.05, 0.1) is 40.9 Å². The number of likely N-dealkylation sites (N-methyl/N-ethyl adjacent to an activating group) is 1. The van der Waals surface area contributed by atoms with Gasteiger partial charge in [-0.2, -0.15) is 0 Å². The summed E-state index contributed by atoms with van der Waals surface area (Å²) in [5.74, 6) is 0.00242. The maximum absolute atomic E-state index is 13.5. The third-order valence-electron chi connectivity index (χ3n) is 11.6. The van der Waals surface area contributed by atoms with E-state index in [9.17, 15) is 4.79 Å². The number of thiazole rings is 1. The van der Waals surface area contributed by atoms with Gasteiger partial charge in [-0.3, -0.25) is 19.7 Å². The first-order valence-corrected chi connectivity index (χ1v) is 24.5. The number of carbonyl (C=O) groups is 1. The Morgan fingerprint density at radius 2 is 1.22 bits per heavy atom. The van der Waals surface area contributed by atoms with Crippen molar-refractivity contribution in [3.05, 3.63) is 206 Å². The van der Waals surface area contributed by atoms with E-state index < -0.39 is 7.26 Å². The molecule has 318 valence electrons. The summed E-state index contributed by atoms with van der Waals surface area (Å²) in [6.07, 6.45) is 4.52. The highest BCUT2D eigenvalue weighted by molar-refractivity contribution is 7.95. The third kappa shape index (κ3) is 10.0. The van der Waals surface area contributed by atoms with Gasteiger partial charge in [0.2, 0.25) is 5.91 Å². The van der Waals surface area contributed by atoms with Gasteiger partial charge in [0.15, 0.2) is 0 Å². The number of hydrogen-bond donors (Lipinski definition) is 2. The van der Waals surface area contributed by atoms with E-state index in [0.717, 1.165) is 86.7 Å². The molecule has 0 bridgehead atoms. The molecule has 0 saturated heterocycles. The molecule has 6 aromatic carbocycles. The minimum atomic E-state index is -2.03. The number of aromatic nitrogens is 3. The van der Waals surface area contributed by atoms with Gasteiger partial charge < -0.3 is 15.5 Å². The number of amides is 1. The molecular weight excluding hydrogens is 826 g/mol. The Labute approximate surface area is 380 Å². The maximum Gasteiger partial charge on any atom is 0.239 e. The minimum absolute atomic E-state index is 0.00242. The van der Waals surface area contributed by atoms with Gasteiger partial charge in [0, 0.05) is 62.6 Å². The number of carbonyl (C=O) groups excluding carboxylic acids is 1. The van der Waals surface area contributed by atoms with Crippen molar-refractivity contribution < 1.29 is 4.79 Å². The van der Waals surface area contributed by atoms with Crippen molar-refractivity contribution in [2.24, 2.45) is 0 Å². The van der Waals surface area contributed by atoms with E-state index in [1.165, 1.54) is 15.9 Å². The summed E-state index contributed by atoms with van der Waals surface area (Å²) in [6, 6.07) is 63.8. The van der Waals surface area contributed by atoms with Gasteiger partial charge in [-0.15, -0.1) is 11.3 Å². The average molecular weight is 877 g/mol. The fraction of sp³-hybridized carbons (Fsp3) is 0.148. The van der Waals surface area contributed by atoms with Crippen LogP contribution in [0.1, 0.15) is 11.4 Å². The number of benzene rings is 6. The van der Waals surface area contributed by atoms with E-state index >= 15 is 0 Å². The van der Waals surface area contributed by atoms with Crippen LogP contribution in [0.15, 0.2) is 194 Å². The molecule has 0 aliphatic carbocycles. The van der Waals surface area contributed by atoms with Crippen molar-refractivity contribution in [1.29, 1.82) is 0 Å². The summed E-state index contributed by atoms with van der Waals surface area (Å²) in [6.45, 7) is 3.95. The van der Waals surface area contributed by atoms with Gasteiger partial charge >= 0.3 is 0 Å². The molecule has 2 N–H and O–H groups in total. The summed E-state index contributed by atoms with van der Waals surface area (Å²) >= 11 is 1.71. The molecule has 0 unspecified atom stereocenters. The van der Waals surface area contributed by atoms with Crippen LogP contribution in [0.25, 0.3) is 31.6 Å². The topological polar surface area (TPSA) is 86.3 Å². The van der Waals surface area contributed by atoms with Crippen molar-refractivity contribution in [2.75, 3.05) is 49.6 Å². The van der Waals surface area contributed by atoms with Crippen molar-refractivity contribution in [1.82, 2.24) is 25.2 Å². The molecule has 64 heavy (non-hydrogen) atoms. The largest absolute Gasteiger partial charge is 0.384 e. The summed E-state index contributed by atoms with van der Waals surface area (Å²) < 4.78 is 1.14. The lowest BCUT2D eigenvalue weighted by Gasteiger charge is -2.28. The van der Waals surface area contributed by atoms with Crippen LogP contribution in [-0.4, -0.2) is 65.1 Å². The van der Waals surface area contributed by atoms with Crippen LogP contribution in [-0.2, 0) is 17.9 Å². The van der Waals surface area contributed by atoms with E-state index in [1.807, 2.05) is 48.6 Å². The molecule has 0 saturated carbocycles.